The van der Waals surface area contributed by atoms with Gasteiger partial charge in [-0.15, -0.1) is 11.3 Å². The van der Waals surface area contributed by atoms with Crippen molar-refractivity contribution in [2.24, 2.45) is 0 Å². The number of thiazole rings is 1. The van der Waals surface area contributed by atoms with Gasteiger partial charge < -0.3 is 4.74 Å². The summed E-state index contributed by atoms with van der Waals surface area (Å²) in [6.45, 7) is 0.225. The van der Waals surface area contributed by atoms with E-state index in [-0.39, 0.29) is 17.8 Å². The minimum atomic E-state index is -0.576. The minimum absolute atomic E-state index is 0.0956. The maximum absolute atomic E-state index is 11.8. The Morgan fingerprint density at radius 1 is 1.29 bits per heavy atom. The molecule has 0 aliphatic heterocycles. The third-order valence-electron chi connectivity index (χ3n) is 2.88. The van der Waals surface area contributed by atoms with Crippen LogP contribution in [-0.2, 0) is 11.3 Å². The molecule has 0 fully saturated rings. The first-order valence-corrected chi connectivity index (χ1v) is 7.00. The number of rotatable bonds is 3. The van der Waals surface area contributed by atoms with E-state index in [9.17, 15) is 9.59 Å². The van der Waals surface area contributed by atoms with Crippen LogP contribution in [0.15, 0.2) is 41.2 Å². The summed E-state index contributed by atoms with van der Waals surface area (Å²) in [5.41, 5.74) is 0.690. The highest BCUT2D eigenvalue weighted by molar-refractivity contribution is 7.18. The van der Waals surface area contributed by atoms with Crippen molar-refractivity contribution in [1.82, 2.24) is 14.8 Å². The van der Waals surface area contributed by atoms with Gasteiger partial charge in [0.15, 0.2) is 5.69 Å². The number of esters is 1. The lowest BCUT2D eigenvalue weighted by Gasteiger charge is -2.03. The number of nitrogens with zero attached hydrogens (tertiary/aromatic N) is 3. The van der Waals surface area contributed by atoms with Gasteiger partial charge in [0.2, 0.25) is 0 Å². The second kappa shape index (κ2) is 5.45. The number of hydrogen-bond acceptors (Lipinski definition) is 6. The first kappa shape index (κ1) is 13.4. The fourth-order valence-corrected chi connectivity index (χ4v) is 2.84. The van der Waals surface area contributed by atoms with Crippen LogP contribution in [0.4, 0.5) is 0 Å². The number of hydrogen-bond donors (Lipinski definition) is 0. The monoisotopic (exact) mass is 301 g/mol. The number of methoxy groups -OCH3 is 1. The van der Waals surface area contributed by atoms with Crippen LogP contribution < -0.4 is 5.56 Å². The molecule has 21 heavy (non-hydrogen) atoms. The lowest BCUT2D eigenvalue weighted by molar-refractivity contribution is 0.0591. The van der Waals surface area contributed by atoms with Crippen LogP contribution in [0.5, 0.6) is 0 Å². The molecule has 0 saturated heterocycles. The Kier molecular flexibility index (Phi) is 3.49. The van der Waals surface area contributed by atoms with Gasteiger partial charge in [0, 0.05) is 6.07 Å². The number of carbonyl (C=O) groups is 1. The minimum Gasteiger partial charge on any atom is -0.464 e. The molecule has 0 aliphatic carbocycles. The summed E-state index contributed by atoms with van der Waals surface area (Å²) in [4.78, 5) is 27.7. The predicted octanol–water partition coefficient (Wildman–Crippen LogP) is 1.69. The van der Waals surface area contributed by atoms with Gasteiger partial charge in [0.05, 0.1) is 23.9 Å². The molecule has 0 radical (unpaired) electrons. The van der Waals surface area contributed by atoms with Crippen molar-refractivity contribution >= 4 is 27.5 Å². The zero-order valence-corrected chi connectivity index (χ0v) is 12.0. The van der Waals surface area contributed by atoms with Crippen molar-refractivity contribution in [3.05, 3.63) is 57.5 Å². The highest BCUT2D eigenvalue weighted by Gasteiger charge is 2.11. The molecular weight excluding hydrogens is 290 g/mol. The Morgan fingerprint density at radius 3 is 2.86 bits per heavy atom. The zero-order valence-electron chi connectivity index (χ0n) is 11.1. The predicted molar refractivity (Wildman–Crippen MR) is 78.6 cm³/mol. The van der Waals surface area contributed by atoms with Gasteiger partial charge in [-0.05, 0) is 18.2 Å². The Labute approximate surface area is 123 Å². The SMILES string of the molecule is COC(=O)c1ccc(=O)n(Cc2nc3ccccc3s2)n1. The molecule has 106 valence electrons. The molecule has 0 N–H and O–H groups in total. The van der Waals surface area contributed by atoms with Gasteiger partial charge in [-0.1, -0.05) is 12.1 Å². The van der Waals surface area contributed by atoms with E-state index in [1.165, 1.54) is 35.3 Å². The molecule has 6 nitrogen and oxygen atoms in total. The second-order valence-electron chi connectivity index (χ2n) is 4.28. The number of benzene rings is 1. The molecule has 3 aromatic rings. The Morgan fingerprint density at radius 2 is 2.10 bits per heavy atom. The quantitative estimate of drug-likeness (QED) is 0.688. The third kappa shape index (κ3) is 2.68. The number of para-hydroxylation sites is 1. The number of aromatic nitrogens is 3. The summed E-state index contributed by atoms with van der Waals surface area (Å²) >= 11 is 1.49. The van der Waals surface area contributed by atoms with Crippen LogP contribution in [0.25, 0.3) is 10.2 Å². The van der Waals surface area contributed by atoms with E-state index < -0.39 is 5.97 Å². The average Bonchev–Trinajstić information content (AvgIpc) is 2.91. The highest BCUT2D eigenvalue weighted by atomic mass is 32.1. The fourth-order valence-electron chi connectivity index (χ4n) is 1.89. The summed E-state index contributed by atoms with van der Waals surface area (Å²) in [7, 11) is 1.27. The van der Waals surface area contributed by atoms with E-state index in [1.54, 1.807) is 0 Å². The number of fused-ring (bicyclic) bond motifs is 1. The first-order chi connectivity index (χ1) is 10.2. The Balaban J connectivity index is 1.97. The van der Waals surface area contributed by atoms with Crippen molar-refractivity contribution in [2.75, 3.05) is 7.11 Å². The maximum Gasteiger partial charge on any atom is 0.358 e. The number of carbonyl (C=O) groups excluding carboxylic acids is 1. The smallest absolute Gasteiger partial charge is 0.358 e. The summed E-state index contributed by atoms with van der Waals surface area (Å²) in [6, 6.07) is 10.4. The van der Waals surface area contributed by atoms with Crippen LogP contribution in [0.1, 0.15) is 15.5 Å². The van der Waals surface area contributed by atoms with Gasteiger partial charge in [0.25, 0.3) is 5.56 Å². The van der Waals surface area contributed by atoms with Gasteiger partial charge in [-0.2, -0.15) is 5.10 Å². The van der Waals surface area contributed by atoms with E-state index in [1.807, 2.05) is 24.3 Å². The molecule has 0 amide bonds. The van der Waals surface area contributed by atoms with Crippen LogP contribution in [0.3, 0.4) is 0 Å². The van der Waals surface area contributed by atoms with Crippen molar-refractivity contribution in [2.45, 2.75) is 6.54 Å². The van der Waals surface area contributed by atoms with Crippen LogP contribution >= 0.6 is 11.3 Å². The van der Waals surface area contributed by atoms with E-state index >= 15 is 0 Å². The maximum atomic E-state index is 11.8. The van der Waals surface area contributed by atoms with E-state index in [2.05, 4.69) is 14.8 Å². The summed E-state index contributed by atoms with van der Waals surface area (Å²) in [5, 5.41) is 4.76. The first-order valence-electron chi connectivity index (χ1n) is 6.18. The molecular formula is C14H11N3O3S. The molecule has 0 saturated carbocycles. The molecule has 0 unspecified atom stereocenters. The molecule has 0 spiro atoms. The summed E-state index contributed by atoms with van der Waals surface area (Å²) < 4.78 is 6.86. The molecule has 7 heteroatoms. The van der Waals surface area contributed by atoms with Crippen molar-refractivity contribution in [3.8, 4) is 0 Å². The van der Waals surface area contributed by atoms with E-state index in [0.29, 0.717) is 0 Å². The third-order valence-corrected chi connectivity index (χ3v) is 3.91. The van der Waals surface area contributed by atoms with Crippen molar-refractivity contribution < 1.29 is 9.53 Å². The fraction of sp³-hybridized carbons (Fsp3) is 0.143. The normalized spacial score (nSPS) is 10.7. The topological polar surface area (TPSA) is 74.1 Å². The van der Waals surface area contributed by atoms with Gasteiger partial charge in [0.1, 0.15) is 5.01 Å². The van der Waals surface area contributed by atoms with Crippen molar-refractivity contribution in [3.63, 3.8) is 0 Å². The second-order valence-corrected chi connectivity index (χ2v) is 5.40. The average molecular weight is 301 g/mol. The Bertz CT molecular complexity index is 836. The van der Waals surface area contributed by atoms with Gasteiger partial charge in [-0.25, -0.2) is 14.5 Å². The lowest BCUT2D eigenvalue weighted by Crippen LogP contribution is -2.25. The van der Waals surface area contributed by atoms with Gasteiger partial charge in [-0.3, -0.25) is 4.79 Å². The molecule has 0 aliphatic rings. The number of ether oxygens (including phenoxy) is 1. The van der Waals surface area contributed by atoms with Crippen LogP contribution in [0, 0.1) is 0 Å². The van der Waals surface area contributed by atoms with E-state index in [4.69, 9.17) is 0 Å². The molecule has 2 aromatic heterocycles. The van der Waals surface area contributed by atoms with Crippen LogP contribution in [0.2, 0.25) is 0 Å². The molecule has 1 aromatic carbocycles. The molecule has 2 heterocycles. The largest absolute Gasteiger partial charge is 0.464 e. The highest BCUT2D eigenvalue weighted by Crippen LogP contribution is 2.21. The zero-order chi connectivity index (χ0) is 14.8. The molecule has 3 rings (SSSR count). The van der Waals surface area contributed by atoms with Crippen molar-refractivity contribution in [1.29, 1.82) is 0 Å². The van der Waals surface area contributed by atoms with Gasteiger partial charge >= 0.3 is 5.97 Å². The lowest BCUT2D eigenvalue weighted by atomic mass is 10.3. The van der Waals surface area contributed by atoms with Crippen LogP contribution in [-0.4, -0.2) is 27.8 Å². The summed E-state index contributed by atoms with van der Waals surface area (Å²) in [6.07, 6.45) is 0. The molecule has 0 bridgehead atoms. The standard InChI is InChI=1S/C14H11N3O3S/c1-20-14(19)10-6-7-13(18)17(16-10)8-12-15-9-4-2-3-5-11(9)21-12/h2-7H,8H2,1H3. The van der Waals surface area contributed by atoms with E-state index in [0.717, 1.165) is 15.2 Å². The molecule has 0 atom stereocenters. The Hall–Kier alpha value is -2.54. The summed E-state index contributed by atoms with van der Waals surface area (Å²) in [5.74, 6) is -0.576.